The lowest BCUT2D eigenvalue weighted by atomic mass is 10.1. The molecule has 1 amide bonds. The minimum atomic E-state index is -3.73. The van der Waals surface area contributed by atoms with E-state index in [1.165, 1.54) is 12.1 Å². The number of anilines is 1. The van der Waals surface area contributed by atoms with Crippen LogP contribution in [0.5, 0.6) is 5.75 Å². The summed E-state index contributed by atoms with van der Waals surface area (Å²) in [5.41, 5.74) is 1.38. The number of rotatable bonds is 4. The van der Waals surface area contributed by atoms with Crippen molar-refractivity contribution in [1.29, 1.82) is 0 Å². The lowest BCUT2D eigenvalue weighted by Crippen LogP contribution is -2.32. The van der Waals surface area contributed by atoms with Crippen LogP contribution in [0.3, 0.4) is 0 Å². The van der Waals surface area contributed by atoms with Crippen molar-refractivity contribution < 1.29 is 17.9 Å². The Bertz CT molecular complexity index is 992. The summed E-state index contributed by atoms with van der Waals surface area (Å²) in [7, 11) is -3.73. The molecule has 1 atom stereocenters. The third-order valence-electron chi connectivity index (χ3n) is 4.48. The molecule has 0 aliphatic carbocycles. The predicted octanol–water partition coefficient (Wildman–Crippen LogP) is 2.10. The molecular weight excluding hydrogens is 366 g/mol. The highest BCUT2D eigenvalue weighted by Crippen LogP contribution is 2.28. The van der Waals surface area contributed by atoms with Gasteiger partial charge in [0, 0.05) is 25.1 Å². The summed E-state index contributed by atoms with van der Waals surface area (Å²) >= 11 is 0. The van der Waals surface area contributed by atoms with Crippen LogP contribution in [0.2, 0.25) is 0 Å². The maximum atomic E-state index is 12.5. The van der Waals surface area contributed by atoms with E-state index in [0.29, 0.717) is 36.7 Å². The van der Waals surface area contributed by atoms with Crippen molar-refractivity contribution in [3.63, 3.8) is 0 Å². The molecule has 0 saturated carbocycles. The maximum Gasteiger partial charge on any atom is 0.265 e. The lowest BCUT2D eigenvalue weighted by molar-refractivity contribution is -0.122. The standard InChI is InChI=1S/C19H19N3O4S/c23-19(17-11-13-5-1-2-8-16(13)26-17)21-14-6-3-7-15(12-14)27(24,25)22-18-9-4-10-20-18/h1-3,5-8,12,17H,4,9-11H2,(H,20,22)(H,21,23)/t17-/m0/s1. The largest absolute Gasteiger partial charge is 0.480 e. The summed E-state index contributed by atoms with van der Waals surface area (Å²) in [6, 6.07) is 13.7. The highest BCUT2D eigenvalue weighted by molar-refractivity contribution is 7.90. The molecule has 2 aliphatic rings. The monoisotopic (exact) mass is 385 g/mol. The predicted molar refractivity (Wildman–Crippen MR) is 101 cm³/mol. The number of carbonyl (C=O) groups excluding carboxylic acids is 1. The van der Waals surface area contributed by atoms with Gasteiger partial charge in [0.2, 0.25) is 0 Å². The number of amidine groups is 1. The van der Waals surface area contributed by atoms with Gasteiger partial charge in [-0.15, -0.1) is 0 Å². The Morgan fingerprint density at radius 2 is 2.00 bits per heavy atom. The first-order valence-corrected chi connectivity index (χ1v) is 10.2. The van der Waals surface area contributed by atoms with Gasteiger partial charge in [0.15, 0.2) is 6.10 Å². The minimum absolute atomic E-state index is 0.0746. The molecule has 7 nitrogen and oxygen atoms in total. The van der Waals surface area contributed by atoms with Gasteiger partial charge in [0.1, 0.15) is 11.6 Å². The Morgan fingerprint density at radius 1 is 1.15 bits per heavy atom. The Kier molecular flexibility index (Phi) is 4.57. The van der Waals surface area contributed by atoms with E-state index in [2.05, 4.69) is 15.0 Å². The van der Waals surface area contributed by atoms with Crippen LogP contribution in [0, 0.1) is 0 Å². The molecule has 2 N–H and O–H groups in total. The van der Waals surface area contributed by atoms with E-state index < -0.39 is 16.1 Å². The second-order valence-electron chi connectivity index (χ2n) is 6.47. The van der Waals surface area contributed by atoms with Gasteiger partial charge in [-0.1, -0.05) is 24.3 Å². The van der Waals surface area contributed by atoms with Crippen molar-refractivity contribution in [2.75, 3.05) is 11.9 Å². The van der Waals surface area contributed by atoms with Crippen molar-refractivity contribution >= 4 is 27.5 Å². The number of fused-ring (bicyclic) bond motifs is 1. The average Bonchev–Trinajstić information content (AvgIpc) is 3.31. The SMILES string of the molecule is O=C(Nc1cccc(S(=O)(=O)NC2=NCCC2)c1)[C@@H]1Cc2ccccc2O1. The van der Waals surface area contributed by atoms with Gasteiger partial charge in [0.05, 0.1) is 4.90 Å². The summed E-state index contributed by atoms with van der Waals surface area (Å²) < 4.78 is 33.2. The second-order valence-corrected chi connectivity index (χ2v) is 8.16. The molecule has 2 aromatic rings. The molecule has 140 valence electrons. The molecular formula is C19H19N3O4S. The van der Waals surface area contributed by atoms with Crippen LogP contribution in [0.15, 0.2) is 58.4 Å². The van der Waals surface area contributed by atoms with Crippen LogP contribution in [0.4, 0.5) is 5.69 Å². The van der Waals surface area contributed by atoms with Gasteiger partial charge in [-0.05, 0) is 36.2 Å². The number of hydrogen-bond acceptors (Lipinski definition) is 5. The fourth-order valence-corrected chi connectivity index (χ4v) is 4.26. The Labute approximate surface area is 157 Å². The van der Waals surface area contributed by atoms with Crippen molar-refractivity contribution in [2.45, 2.75) is 30.3 Å². The van der Waals surface area contributed by atoms with E-state index in [1.807, 2.05) is 24.3 Å². The van der Waals surface area contributed by atoms with E-state index >= 15 is 0 Å². The molecule has 0 spiro atoms. The van der Waals surface area contributed by atoms with Crippen molar-refractivity contribution in [1.82, 2.24) is 4.72 Å². The number of carbonyl (C=O) groups is 1. The molecule has 0 aromatic heterocycles. The van der Waals surface area contributed by atoms with Crippen molar-refractivity contribution in [3.8, 4) is 5.75 Å². The number of nitrogens with one attached hydrogen (secondary N) is 2. The summed E-state index contributed by atoms with van der Waals surface area (Å²) in [5.74, 6) is 0.867. The van der Waals surface area contributed by atoms with E-state index in [4.69, 9.17) is 4.74 Å². The third-order valence-corrected chi connectivity index (χ3v) is 5.86. The summed E-state index contributed by atoms with van der Waals surface area (Å²) in [4.78, 5) is 16.7. The number of amides is 1. The van der Waals surface area contributed by atoms with Crippen LogP contribution in [0.1, 0.15) is 18.4 Å². The fourth-order valence-electron chi connectivity index (χ4n) is 3.13. The molecule has 0 bridgehead atoms. The molecule has 2 aromatic carbocycles. The van der Waals surface area contributed by atoms with E-state index in [-0.39, 0.29) is 10.8 Å². The molecule has 4 rings (SSSR count). The zero-order valence-electron chi connectivity index (χ0n) is 14.5. The quantitative estimate of drug-likeness (QED) is 0.842. The van der Waals surface area contributed by atoms with E-state index in [0.717, 1.165) is 12.0 Å². The topological polar surface area (TPSA) is 96.9 Å². The Hall–Kier alpha value is -2.87. The number of benzene rings is 2. The van der Waals surface area contributed by atoms with Gasteiger partial charge >= 0.3 is 0 Å². The summed E-state index contributed by atoms with van der Waals surface area (Å²) in [6.45, 7) is 0.637. The summed E-state index contributed by atoms with van der Waals surface area (Å²) in [6.07, 6.45) is 1.32. The third kappa shape index (κ3) is 3.80. The Balaban J connectivity index is 1.46. The Morgan fingerprint density at radius 3 is 2.78 bits per heavy atom. The van der Waals surface area contributed by atoms with Crippen molar-refractivity contribution in [3.05, 3.63) is 54.1 Å². The van der Waals surface area contributed by atoms with Gasteiger partial charge in [0.25, 0.3) is 15.9 Å². The van der Waals surface area contributed by atoms with Gasteiger partial charge in [-0.3, -0.25) is 14.5 Å². The molecule has 2 aliphatic heterocycles. The molecule has 0 saturated heterocycles. The normalized spacial score (nSPS) is 18.4. The first-order valence-electron chi connectivity index (χ1n) is 8.73. The molecule has 8 heteroatoms. The number of aliphatic imine (C=N–C) groups is 1. The highest BCUT2D eigenvalue weighted by Gasteiger charge is 2.29. The maximum absolute atomic E-state index is 12.5. The number of hydrogen-bond donors (Lipinski definition) is 2. The van der Waals surface area contributed by atoms with Gasteiger partial charge < -0.3 is 10.1 Å². The molecule has 0 fully saturated rings. The average molecular weight is 385 g/mol. The summed E-state index contributed by atoms with van der Waals surface area (Å²) in [5, 5.41) is 2.74. The van der Waals surface area contributed by atoms with Crippen molar-refractivity contribution in [2.24, 2.45) is 4.99 Å². The van der Waals surface area contributed by atoms with Crippen LogP contribution < -0.4 is 14.8 Å². The van der Waals surface area contributed by atoms with E-state index in [9.17, 15) is 13.2 Å². The zero-order chi connectivity index (χ0) is 18.9. The fraction of sp³-hybridized carbons (Fsp3) is 0.263. The molecule has 27 heavy (non-hydrogen) atoms. The number of ether oxygens (including phenoxy) is 1. The van der Waals surface area contributed by atoms with Crippen LogP contribution in [-0.4, -0.2) is 32.8 Å². The van der Waals surface area contributed by atoms with Crippen LogP contribution >= 0.6 is 0 Å². The van der Waals surface area contributed by atoms with Crippen LogP contribution in [0.25, 0.3) is 0 Å². The van der Waals surface area contributed by atoms with Crippen LogP contribution in [-0.2, 0) is 21.2 Å². The molecule has 0 unspecified atom stereocenters. The second kappa shape index (κ2) is 7.03. The number of sulfonamides is 1. The smallest absolute Gasteiger partial charge is 0.265 e. The first kappa shape index (κ1) is 17.5. The highest BCUT2D eigenvalue weighted by atomic mass is 32.2. The lowest BCUT2D eigenvalue weighted by Gasteiger charge is -2.13. The molecule has 2 heterocycles. The van der Waals surface area contributed by atoms with Gasteiger partial charge in [-0.25, -0.2) is 8.42 Å². The number of nitrogens with zero attached hydrogens (tertiary/aromatic N) is 1. The van der Waals surface area contributed by atoms with Gasteiger partial charge in [-0.2, -0.15) is 0 Å². The zero-order valence-corrected chi connectivity index (χ0v) is 15.3. The first-order chi connectivity index (χ1) is 13.0. The number of para-hydroxylation sites is 1. The minimum Gasteiger partial charge on any atom is -0.480 e. The molecule has 0 radical (unpaired) electrons. The van der Waals surface area contributed by atoms with E-state index in [1.54, 1.807) is 12.1 Å².